The lowest BCUT2D eigenvalue weighted by molar-refractivity contribution is 0.316. The summed E-state index contributed by atoms with van der Waals surface area (Å²) in [5.74, 6) is 2.05. The van der Waals surface area contributed by atoms with Crippen molar-refractivity contribution in [3.63, 3.8) is 0 Å². The van der Waals surface area contributed by atoms with E-state index in [-0.39, 0.29) is 0 Å². The molecule has 4 nitrogen and oxygen atoms in total. The molecule has 4 N–H and O–H groups in total. The summed E-state index contributed by atoms with van der Waals surface area (Å²) < 4.78 is 0. The van der Waals surface area contributed by atoms with Gasteiger partial charge in [-0.1, -0.05) is 25.4 Å². The molecule has 0 heterocycles. The van der Waals surface area contributed by atoms with Crippen molar-refractivity contribution in [2.45, 2.75) is 58.4 Å². The van der Waals surface area contributed by atoms with Crippen molar-refractivity contribution in [3.8, 4) is 0 Å². The van der Waals surface area contributed by atoms with Crippen molar-refractivity contribution in [1.29, 1.82) is 0 Å². The van der Waals surface area contributed by atoms with Crippen LogP contribution in [0.25, 0.3) is 0 Å². The Morgan fingerprint density at radius 2 is 2.18 bits per heavy atom. The molecule has 1 rings (SSSR count). The minimum absolute atomic E-state index is 0.338. The molecular formula is C13H27N3O. The molecule has 100 valence electrons. The zero-order chi connectivity index (χ0) is 12.7. The number of hydrogen-bond donors (Lipinski definition) is 3. The number of unbranched alkanes of at least 4 members (excludes halogenated alkanes) is 1. The van der Waals surface area contributed by atoms with Gasteiger partial charge in [0.05, 0.1) is 0 Å². The first-order chi connectivity index (χ1) is 8.19. The molecule has 0 aromatic carbocycles. The number of hydrogen-bond acceptors (Lipinski definition) is 3. The molecule has 1 saturated carbocycles. The van der Waals surface area contributed by atoms with E-state index in [0.717, 1.165) is 31.2 Å². The molecule has 0 aliphatic heterocycles. The molecule has 0 aromatic heterocycles. The number of oxime groups is 1. The molecule has 0 bridgehead atoms. The van der Waals surface area contributed by atoms with Crippen LogP contribution in [0.1, 0.15) is 52.4 Å². The van der Waals surface area contributed by atoms with E-state index in [4.69, 9.17) is 10.9 Å². The van der Waals surface area contributed by atoms with Gasteiger partial charge in [-0.05, 0) is 44.1 Å². The van der Waals surface area contributed by atoms with Crippen LogP contribution in [-0.4, -0.2) is 23.6 Å². The van der Waals surface area contributed by atoms with E-state index in [1.165, 1.54) is 19.3 Å². The average molecular weight is 241 g/mol. The summed E-state index contributed by atoms with van der Waals surface area (Å²) in [5.41, 5.74) is 5.42. The summed E-state index contributed by atoms with van der Waals surface area (Å²) in [5, 5.41) is 15.0. The molecule has 0 radical (unpaired) electrons. The van der Waals surface area contributed by atoms with E-state index in [9.17, 15) is 0 Å². The number of nitrogens with one attached hydrogen (secondary N) is 1. The van der Waals surface area contributed by atoms with Gasteiger partial charge in [0.1, 0.15) is 5.84 Å². The fourth-order valence-electron chi connectivity index (χ4n) is 2.88. The van der Waals surface area contributed by atoms with Crippen LogP contribution in [0.5, 0.6) is 0 Å². The molecule has 0 aromatic rings. The molecule has 17 heavy (non-hydrogen) atoms. The Morgan fingerprint density at radius 3 is 2.76 bits per heavy atom. The third-order valence-electron chi connectivity index (χ3n) is 4.15. The zero-order valence-electron chi connectivity index (χ0n) is 11.2. The fraction of sp³-hybridized carbons (Fsp3) is 0.923. The predicted octanol–water partition coefficient (Wildman–Crippen LogP) is 2.32. The van der Waals surface area contributed by atoms with Crippen LogP contribution in [0.3, 0.4) is 0 Å². The van der Waals surface area contributed by atoms with Crippen LogP contribution in [0, 0.1) is 11.8 Å². The lowest BCUT2D eigenvalue weighted by Gasteiger charge is -2.21. The van der Waals surface area contributed by atoms with Crippen LogP contribution in [0.4, 0.5) is 0 Å². The molecule has 1 fully saturated rings. The third kappa shape index (κ3) is 4.54. The van der Waals surface area contributed by atoms with Crippen LogP contribution >= 0.6 is 0 Å². The van der Waals surface area contributed by atoms with Crippen molar-refractivity contribution in [2.75, 3.05) is 6.54 Å². The molecule has 3 atom stereocenters. The summed E-state index contributed by atoms with van der Waals surface area (Å²) in [6.07, 6.45) is 6.77. The number of nitrogens with zero attached hydrogens (tertiary/aromatic N) is 1. The van der Waals surface area contributed by atoms with Crippen LogP contribution in [0.2, 0.25) is 0 Å². The largest absolute Gasteiger partial charge is 0.409 e. The molecule has 0 amide bonds. The Hall–Kier alpha value is -0.770. The van der Waals surface area contributed by atoms with E-state index in [2.05, 4.69) is 24.3 Å². The Morgan fingerprint density at radius 1 is 1.41 bits per heavy atom. The second kappa shape index (κ2) is 7.54. The molecule has 0 saturated heterocycles. The first-order valence-electron chi connectivity index (χ1n) is 6.88. The summed E-state index contributed by atoms with van der Waals surface area (Å²) in [6, 6.07) is 0.698. The van der Waals surface area contributed by atoms with Gasteiger partial charge in [-0.25, -0.2) is 0 Å². The highest BCUT2D eigenvalue weighted by atomic mass is 16.4. The highest BCUT2D eigenvalue weighted by Crippen LogP contribution is 2.33. The van der Waals surface area contributed by atoms with Crippen molar-refractivity contribution < 1.29 is 5.21 Å². The van der Waals surface area contributed by atoms with Crippen molar-refractivity contribution in [1.82, 2.24) is 5.32 Å². The molecule has 4 heteroatoms. The van der Waals surface area contributed by atoms with E-state index in [1.807, 2.05) is 0 Å². The molecule has 3 unspecified atom stereocenters. The van der Waals surface area contributed by atoms with Gasteiger partial charge in [0.2, 0.25) is 0 Å². The SMILES string of the molecule is CCC1CCC(NCCCCC(N)=NO)C1C. The van der Waals surface area contributed by atoms with Crippen molar-refractivity contribution in [2.24, 2.45) is 22.7 Å². The van der Waals surface area contributed by atoms with Crippen molar-refractivity contribution in [3.05, 3.63) is 0 Å². The smallest absolute Gasteiger partial charge is 0.139 e. The van der Waals surface area contributed by atoms with Crippen LogP contribution in [0.15, 0.2) is 5.16 Å². The lowest BCUT2D eigenvalue weighted by atomic mass is 9.93. The van der Waals surface area contributed by atoms with Gasteiger partial charge in [0.25, 0.3) is 0 Å². The molecular weight excluding hydrogens is 214 g/mol. The van der Waals surface area contributed by atoms with Gasteiger partial charge in [-0.2, -0.15) is 0 Å². The lowest BCUT2D eigenvalue weighted by Crippen LogP contribution is -2.33. The second-order valence-electron chi connectivity index (χ2n) is 5.21. The summed E-state index contributed by atoms with van der Waals surface area (Å²) >= 11 is 0. The Labute approximate surface area is 105 Å². The maximum absolute atomic E-state index is 8.40. The Bertz CT molecular complexity index is 243. The first kappa shape index (κ1) is 14.3. The monoisotopic (exact) mass is 241 g/mol. The zero-order valence-corrected chi connectivity index (χ0v) is 11.2. The summed E-state index contributed by atoms with van der Waals surface area (Å²) in [4.78, 5) is 0. The highest BCUT2D eigenvalue weighted by molar-refractivity contribution is 5.79. The maximum atomic E-state index is 8.40. The normalized spacial score (nSPS) is 29.8. The summed E-state index contributed by atoms with van der Waals surface area (Å²) in [7, 11) is 0. The standard InChI is InChI=1S/C13H27N3O/c1-3-11-7-8-12(10(11)2)15-9-5-4-6-13(14)16-17/h10-12,15,17H,3-9H2,1-2H3,(H2,14,16). The van der Waals surface area contributed by atoms with Gasteiger partial charge in [0, 0.05) is 12.5 Å². The molecule has 1 aliphatic carbocycles. The quantitative estimate of drug-likeness (QED) is 0.211. The number of amidine groups is 1. The van der Waals surface area contributed by atoms with Gasteiger partial charge in [0.15, 0.2) is 0 Å². The third-order valence-corrected chi connectivity index (χ3v) is 4.15. The topological polar surface area (TPSA) is 70.6 Å². The highest BCUT2D eigenvalue weighted by Gasteiger charge is 2.30. The maximum Gasteiger partial charge on any atom is 0.139 e. The van der Waals surface area contributed by atoms with E-state index < -0.39 is 0 Å². The van der Waals surface area contributed by atoms with Crippen LogP contribution < -0.4 is 11.1 Å². The minimum Gasteiger partial charge on any atom is -0.409 e. The van der Waals surface area contributed by atoms with Crippen LogP contribution in [-0.2, 0) is 0 Å². The average Bonchev–Trinajstić information content (AvgIpc) is 2.69. The first-order valence-corrected chi connectivity index (χ1v) is 6.88. The van der Waals surface area contributed by atoms with Crippen molar-refractivity contribution >= 4 is 5.84 Å². The summed E-state index contributed by atoms with van der Waals surface area (Å²) in [6.45, 7) is 5.71. The molecule has 1 aliphatic rings. The minimum atomic E-state index is 0.338. The van der Waals surface area contributed by atoms with E-state index >= 15 is 0 Å². The number of rotatable bonds is 7. The molecule has 0 spiro atoms. The van der Waals surface area contributed by atoms with Gasteiger partial charge < -0.3 is 16.3 Å². The Kier molecular flexibility index (Phi) is 6.34. The predicted molar refractivity (Wildman–Crippen MR) is 71.2 cm³/mol. The van der Waals surface area contributed by atoms with Gasteiger partial charge in [-0.3, -0.25) is 0 Å². The second-order valence-corrected chi connectivity index (χ2v) is 5.21. The fourth-order valence-corrected chi connectivity index (χ4v) is 2.88. The number of nitrogens with two attached hydrogens (primary N) is 1. The van der Waals surface area contributed by atoms with E-state index in [1.54, 1.807) is 0 Å². The van der Waals surface area contributed by atoms with E-state index in [0.29, 0.717) is 18.3 Å². The van der Waals surface area contributed by atoms with Gasteiger partial charge >= 0.3 is 0 Å². The van der Waals surface area contributed by atoms with Gasteiger partial charge in [-0.15, -0.1) is 0 Å². The Balaban J connectivity index is 2.07.